The maximum Gasteiger partial charge on any atom is 0.226 e. The van der Waals surface area contributed by atoms with Crippen molar-refractivity contribution in [2.45, 2.75) is 40.2 Å². The molecule has 0 saturated heterocycles. The smallest absolute Gasteiger partial charge is 0.226 e. The zero-order valence-corrected chi connectivity index (χ0v) is 13.8. The zero-order chi connectivity index (χ0) is 15.4. The van der Waals surface area contributed by atoms with E-state index >= 15 is 0 Å². The summed E-state index contributed by atoms with van der Waals surface area (Å²) in [5.41, 5.74) is 3.18. The molecule has 0 saturated carbocycles. The van der Waals surface area contributed by atoms with Crippen LogP contribution >= 0.6 is 11.3 Å². The fraction of sp³-hybridized carbons (Fsp3) is 0.412. The summed E-state index contributed by atoms with van der Waals surface area (Å²) in [6, 6.07) is 8.48. The van der Waals surface area contributed by atoms with Gasteiger partial charge in [-0.15, -0.1) is 11.3 Å². The number of benzene rings is 1. The minimum atomic E-state index is 0.0388. The van der Waals surface area contributed by atoms with Gasteiger partial charge in [0.25, 0.3) is 0 Å². The number of nitrogens with zero attached hydrogens (tertiary/aromatic N) is 1. The van der Waals surface area contributed by atoms with Gasteiger partial charge in [0, 0.05) is 17.0 Å². The molecule has 21 heavy (non-hydrogen) atoms. The van der Waals surface area contributed by atoms with Gasteiger partial charge in [0.15, 0.2) is 0 Å². The van der Waals surface area contributed by atoms with Gasteiger partial charge in [0.1, 0.15) is 5.01 Å². The van der Waals surface area contributed by atoms with Crippen molar-refractivity contribution in [3.8, 4) is 10.6 Å². The highest BCUT2D eigenvalue weighted by atomic mass is 32.1. The number of carbonyl (C=O) groups excluding carboxylic acids is 1. The molecule has 1 aromatic carbocycles. The van der Waals surface area contributed by atoms with Gasteiger partial charge in [-0.25, -0.2) is 4.98 Å². The maximum absolute atomic E-state index is 12.0. The van der Waals surface area contributed by atoms with Gasteiger partial charge in [-0.2, -0.15) is 0 Å². The highest BCUT2D eigenvalue weighted by Crippen LogP contribution is 2.24. The van der Waals surface area contributed by atoms with Gasteiger partial charge < -0.3 is 5.32 Å². The summed E-state index contributed by atoms with van der Waals surface area (Å²) in [5.74, 6) is 0.476. The van der Waals surface area contributed by atoms with E-state index in [9.17, 15) is 4.79 Å². The summed E-state index contributed by atoms with van der Waals surface area (Å²) in [6.07, 6.45) is 0.347. The van der Waals surface area contributed by atoms with E-state index in [4.69, 9.17) is 0 Å². The van der Waals surface area contributed by atoms with Crippen LogP contribution in [-0.4, -0.2) is 16.9 Å². The Balaban J connectivity index is 2.00. The molecule has 4 heteroatoms. The Bertz CT molecular complexity index is 602. The molecule has 2 rings (SSSR count). The van der Waals surface area contributed by atoms with Crippen molar-refractivity contribution in [3.63, 3.8) is 0 Å². The minimum absolute atomic E-state index is 0.0388. The third-order valence-electron chi connectivity index (χ3n) is 3.58. The highest BCUT2D eigenvalue weighted by Gasteiger charge is 2.13. The second-order valence-corrected chi connectivity index (χ2v) is 6.65. The van der Waals surface area contributed by atoms with Crippen LogP contribution in [0.4, 0.5) is 0 Å². The first kappa shape index (κ1) is 15.7. The van der Waals surface area contributed by atoms with Crippen molar-refractivity contribution < 1.29 is 4.79 Å². The van der Waals surface area contributed by atoms with E-state index in [-0.39, 0.29) is 11.9 Å². The third kappa shape index (κ3) is 4.39. The van der Waals surface area contributed by atoms with Crippen molar-refractivity contribution in [1.82, 2.24) is 10.3 Å². The summed E-state index contributed by atoms with van der Waals surface area (Å²) in [7, 11) is 0. The van der Waals surface area contributed by atoms with E-state index in [0.717, 1.165) is 16.3 Å². The topological polar surface area (TPSA) is 42.0 Å². The van der Waals surface area contributed by atoms with Crippen LogP contribution in [0.2, 0.25) is 0 Å². The van der Waals surface area contributed by atoms with Crippen LogP contribution in [0.15, 0.2) is 29.6 Å². The first-order chi connectivity index (χ1) is 9.95. The number of aromatic nitrogens is 1. The Kier molecular flexibility index (Phi) is 5.12. The molecule has 1 heterocycles. The predicted molar refractivity (Wildman–Crippen MR) is 88.4 cm³/mol. The van der Waals surface area contributed by atoms with E-state index in [1.807, 2.05) is 12.3 Å². The number of thiazole rings is 1. The van der Waals surface area contributed by atoms with Crippen LogP contribution in [0.1, 0.15) is 32.0 Å². The predicted octanol–water partition coefficient (Wildman–Crippen LogP) is 3.82. The minimum Gasteiger partial charge on any atom is -0.353 e. The monoisotopic (exact) mass is 302 g/mol. The first-order valence-electron chi connectivity index (χ1n) is 7.26. The first-order valence-corrected chi connectivity index (χ1v) is 8.14. The molecule has 112 valence electrons. The van der Waals surface area contributed by atoms with Crippen LogP contribution in [-0.2, 0) is 11.2 Å². The quantitative estimate of drug-likeness (QED) is 0.912. The molecule has 1 amide bonds. The van der Waals surface area contributed by atoms with Crippen LogP contribution in [0.3, 0.4) is 0 Å². The molecule has 0 radical (unpaired) electrons. The number of hydrogen-bond acceptors (Lipinski definition) is 3. The Morgan fingerprint density at radius 1 is 1.24 bits per heavy atom. The Morgan fingerprint density at radius 3 is 2.52 bits per heavy atom. The molecule has 0 bridgehead atoms. The number of nitrogens with one attached hydrogen (secondary N) is 1. The molecule has 1 aromatic heterocycles. The molecule has 1 atom stereocenters. The molecule has 0 aliphatic rings. The van der Waals surface area contributed by atoms with Gasteiger partial charge in [0.2, 0.25) is 5.91 Å². The normalized spacial score (nSPS) is 12.4. The molecule has 0 aliphatic heterocycles. The molecule has 0 fully saturated rings. The van der Waals surface area contributed by atoms with Crippen LogP contribution in [0, 0.1) is 12.8 Å². The van der Waals surface area contributed by atoms with Crippen molar-refractivity contribution in [2.24, 2.45) is 5.92 Å². The van der Waals surface area contributed by atoms with Gasteiger partial charge in [-0.1, -0.05) is 43.7 Å². The lowest BCUT2D eigenvalue weighted by Gasteiger charge is -2.16. The van der Waals surface area contributed by atoms with Gasteiger partial charge in [-0.05, 0) is 19.8 Å². The average Bonchev–Trinajstić information content (AvgIpc) is 2.87. The molecular formula is C17H22N2OS. The fourth-order valence-corrected chi connectivity index (χ4v) is 2.68. The molecule has 1 N–H and O–H groups in total. The standard InChI is InChI=1S/C17H22N2OS/c1-11(2)13(4)18-16(20)9-15-10-21-17(19-15)14-7-5-12(3)6-8-14/h5-8,10-11,13H,9H2,1-4H3,(H,18,20). The largest absolute Gasteiger partial charge is 0.353 e. The number of rotatable bonds is 5. The van der Waals surface area contributed by atoms with Gasteiger partial charge in [0.05, 0.1) is 12.1 Å². The van der Waals surface area contributed by atoms with Crippen LogP contribution in [0.5, 0.6) is 0 Å². The second-order valence-electron chi connectivity index (χ2n) is 5.79. The SMILES string of the molecule is Cc1ccc(-c2nc(CC(=O)NC(C)C(C)C)cs2)cc1. The van der Waals surface area contributed by atoms with Gasteiger partial charge in [-0.3, -0.25) is 4.79 Å². The Morgan fingerprint density at radius 2 is 1.90 bits per heavy atom. The van der Waals surface area contributed by atoms with Crippen molar-refractivity contribution in [3.05, 3.63) is 40.9 Å². The highest BCUT2D eigenvalue weighted by molar-refractivity contribution is 7.13. The zero-order valence-electron chi connectivity index (χ0n) is 13.0. The summed E-state index contributed by atoms with van der Waals surface area (Å²) >= 11 is 1.58. The lowest BCUT2D eigenvalue weighted by Crippen LogP contribution is -2.37. The van der Waals surface area contributed by atoms with E-state index in [1.165, 1.54) is 5.56 Å². The van der Waals surface area contributed by atoms with Crippen molar-refractivity contribution >= 4 is 17.2 Å². The van der Waals surface area contributed by atoms with Crippen LogP contribution in [0.25, 0.3) is 10.6 Å². The number of carbonyl (C=O) groups is 1. The van der Waals surface area contributed by atoms with Gasteiger partial charge >= 0.3 is 0 Å². The van der Waals surface area contributed by atoms with Crippen LogP contribution < -0.4 is 5.32 Å². The summed E-state index contributed by atoms with van der Waals surface area (Å²) in [4.78, 5) is 16.5. The van der Waals surface area contributed by atoms with Crippen molar-refractivity contribution in [2.75, 3.05) is 0 Å². The summed E-state index contributed by atoms with van der Waals surface area (Å²) in [6.45, 7) is 8.30. The second kappa shape index (κ2) is 6.85. The molecular weight excluding hydrogens is 280 g/mol. The van der Waals surface area contributed by atoms with E-state index < -0.39 is 0 Å². The number of aryl methyl sites for hydroxylation is 1. The lowest BCUT2D eigenvalue weighted by atomic mass is 10.1. The number of hydrogen-bond donors (Lipinski definition) is 1. The Labute approximate surface area is 130 Å². The summed E-state index contributed by atoms with van der Waals surface area (Å²) in [5, 5.41) is 5.94. The molecule has 2 aromatic rings. The van der Waals surface area contributed by atoms with E-state index in [2.05, 4.69) is 55.3 Å². The molecule has 0 spiro atoms. The molecule has 0 aliphatic carbocycles. The van der Waals surface area contributed by atoms with E-state index in [1.54, 1.807) is 11.3 Å². The van der Waals surface area contributed by atoms with Crippen molar-refractivity contribution in [1.29, 1.82) is 0 Å². The third-order valence-corrected chi connectivity index (χ3v) is 4.52. The fourth-order valence-electron chi connectivity index (χ4n) is 1.85. The lowest BCUT2D eigenvalue weighted by molar-refractivity contribution is -0.121. The summed E-state index contributed by atoms with van der Waals surface area (Å²) < 4.78 is 0. The maximum atomic E-state index is 12.0. The Hall–Kier alpha value is -1.68. The molecule has 3 nitrogen and oxygen atoms in total. The number of amides is 1. The average molecular weight is 302 g/mol. The molecule has 1 unspecified atom stereocenters. The van der Waals surface area contributed by atoms with E-state index in [0.29, 0.717) is 12.3 Å².